The predicted octanol–water partition coefficient (Wildman–Crippen LogP) is 3.47. The third kappa shape index (κ3) is 5.93. The summed E-state index contributed by atoms with van der Waals surface area (Å²) in [6.07, 6.45) is 7.19. The molecule has 1 fully saturated rings. The maximum absolute atomic E-state index is 10.5. The maximum atomic E-state index is 10.5. The molecule has 0 amide bonds. The first-order valence-corrected chi connectivity index (χ1v) is 7.27. The van der Waals surface area contributed by atoms with Gasteiger partial charge in [-0.2, -0.15) is 0 Å². The number of hydrogen-bond donors (Lipinski definition) is 1. The Bertz CT molecular complexity index is 375. The van der Waals surface area contributed by atoms with Crippen molar-refractivity contribution in [2.24, 2.45) is 5.92 Å². The topological polar surface area (TPSA) is 38.3 Å². The molecule has 1 heterocycles. The van der Waals surface area contributed by atoms with Crippen molar-refractivity contribution >= 4 is 18.7 Å². The zero-order valence-corrected chi connectivity index (χ0v) is 12.7. The third-order valence-electron chi connectivity index (χ3n) is 3.75. The van der Waals surface area contributed by atoms with Gasteiger partial charge in [0.25, 0.3) is 0 Å². The number of carbonyl (C=O) groups excluding carboxylic acids is 1. The molecule has 0 bridgehead atoms. The first-order chi connectivity index (χ1) is 9.38. The highest BCUT2D eigenvalue weighted by molar-refractivity contribution is 5.85. The van der Waals surface area contributed by atoms with Gasteiger partial charge >= 0.3 is 0 Å². The minimum absolute atomic E-state index is 0. The molecular weight excluding hydrogens is 274 g/mol. The van der Waals surface area contributed by atoms with E-state index in [1.165, 1.54) is 38.8 Å². The lowest BCUT2D eigenvalue weighted by atomic mass is 9.93. The van der Waals surface area contributed by atoms with Gasteiger partial charge in [-0.05, 0) is 69.0 Å². The van der Waals surface area contributed by atoms with Gasteiger partial charge < -0.3 is 10.1 Å². The zero-order chi connectivity index (χ0) is 13.3. The minimum Gasteiger partial charge on any atom is -0.494 e. The van der Waals surface area contributed by atoms with Crippen LogP contribution in [-0.4, -0.2) is 26.0 Å². The van der Waals surface area contributed by atoms with Crippen molar-refractivity contribution in [2.45, 2.75) is 32.1 Å². The molecule has 0 radical (unpaired) electrons. The van der Waals surface area contributed by atoms with Crippen molar-refractivity contribution in [3.05, 3.63) is 29.8 Å². The summed E-state index contributed by atoms with van der Waals surface area (Å²) in [6, 6.07) is 7.29. The lowest BCUT2D eigenvalue weighted by Crippen LogP contribution is -2.27. The second kappa shape index (κ2) is 9.78. The summed E-state index contributed by atoms with van der Waals surface area (Å²) >= 11 is 0. The number of unbranched alkanes of at least 4 members (excludes halogenated alkanes) is 1. The molecule has 1 aliphatic rings. The quantitative estimate of drug-likeness (QED) is 0.618. The normalized spacial score (nSPS) is 15.4. The van der Waals surface area contributed by atoms with Crippen LogP contribution in [-0.2, 0) is 0 Å². The zero-order valence-electron chi connectivity index (χ0n) is 11.8. The molecule has 2 rings (SSSR count). The van der Waals surface area contributed by atoms with Crippen LogP contribution < -0.4 is 10.1 Å². The maximum Gasteiger partial charge on any atom is 0.150 e. The van der Waals surface area contributed by atoms with Crippen LogP contribution in [0.4, 0.5) is 0 Å². The van der Waals surface area contributed by atoms with Crippen molar-refractivity contribution in [1.29, 1.82) is 0 Å². The van der Waals surface area contributed by atoms with Crippen LogP contribution >= 0.6 is 12.4 Å². The Kier molecular flexibility index (Phi) is 8.31. The molecule has 1 aliphatic heterocycles. The second-order valence-corrected chi connectivity index (χ2v) is 5.22. The van der Waals surface area contributed by atoms with Gasteiger partial charge in [0.15, 0.2) is 0 Å². The molecule has 0 atom stereocenters. The van der Waals surface area contributed by atoms with Crippen molar-refractivity contribution < 1.29 is 9.53 Å². The standard InChI is InChI=1S/C16H23NO2.ClH/c18-13-15-4-6-16(7-5-15)19-12-2-1-3-14-8-10-17-11-9-14;/h4-7,13-14,17H,1-3,8-12H2;1H. The summed E-state index contributed by atoms with van der Waals surface area (Å²) in [5.41, 5.74) is 0.693. The summed E-state index contributed by atoms with van der Waals surface area (Å²) in [7, 11) is 0. The van der Waals surface area contributed by atoms with Gasteiger partial charge in [0.1, 0.15) is 12.0 Å². The average molecular weight is 298 g/mol. The average Bonchev–Trinajstić information content (AvgIpc) is 2.49. The molecule has 3 nitrogen and oxygen atoms in total. The molecule has 112 valence electrons. The molecule has 0 unspecified atom stereocenters. The Balaban J connectivity index is 0.00000200. The van der Waals surface area contributed by atoms with Crippen molar-refractivity contribution in [1.82, 2.24) is 5.32 Å². The summed E-state index contributed by atoms with van der Waals surface area (Å²) in [5.74, 6) is 1.76. The highest BCUT2D eigenvalue weighted by Gasteiger charge is 2.11. The Morgan fingerprint density at radius 3 is 2.50 bits per heavy atom. The van der Waals surface area contributed by atoms with Crippen LogP contribution in [0.3, 0.4) is 0 Å². The first kappa shape index (κ1) is 17.0. The van der Waals surface area contributed by atoms with Crippen LogP contribution in [0.25, 0.3) is 0 Å². The number of piperidine rings is 1. The van der Waals surface area contributed by atoms with E-state index in [1.54, 1.807) is 12.1 Å². The van der Waals surface area contributed by atoms with E-state index in [0.29, 0.717) is 5.56 Å². The molecule has 0 aliphatic carbocycles. The number of rotatable bonds is 7. The van der Waals surface area contributed by atoms with E-state index in [-0.39, 0.29) is 12.4 Å². The van der Waals surface area contributed by atoms with Crippen molar-refractivity contribution in [2.75, 3.05) is 19.7 Å². The number of halogens is 1. The Hall–Kier alpha value is -1.06. The van der Waals surface area contributed by atoms with Crippen LogP contribution in [0.15, 0.2) is 24.3 Å². The van der Waals surface area contributed by atoms with Crippen LogP contribution in [0.5, 0.6) is 5.75 Å². The fourth-order valence-electron chi connectivity index (χ4n) is 2.54. The molecule has 1 saturated heterocycles. The molecule has 1 aromatic carbocycles. The number of benzene rings is 1. The van der Waals surface area contributed by atoms with Gasteiger partial charge in [-0.25, -0.2) is 0 Å². The minimum atomic E-state index is 0. The second-order valence-electron chi connectivity index (χ2n) is 5.22. The van der Waals surface area contributed by atoms with Gasteiger partial charge in [-0.3, -0.25) is 4.79 Å². The van der Waals surface area contributed by atoms with Crippen molar-refractivity contribution in [3.63, 3.8) is 0 Å². The van der Waals surface area contributed by atoms with E-state index in [0.717, 1.165) is 31.0 Å². The summed E-state index contributed by atoms with van der Waals surface area (Å²) in [6.45, 7) is 3.14. The highest BCUT2D eigenvalue weighted by atomic mass is 35.5. The molecule has 4 heteroatoms. The Morgan fingerprint density at radius 1 is 1.15 bits per heavy atom. The SMILES string of the molecule is Cl.O=Cc1ccc(OCCCCC2CCNCC2)cc1. The van der Waals surface area contributed by atoms with Crippen molar-refractivity contribution in [3.8, 4) is 5.75 Å². The monoisotopic (exact) mass is 297 g/mol. The van der Waals surface area contributed by atoms with E-state index in [1.807, 2.05) is 12.1 Å². The molecule has 1 aromatic rings. The molecule has 0 saturated carbocycles. The molecular formula is C16H24ClNO2. The Labute approximate surface area is 127 Å². The molecule has 1 N–H and O–H groups in total. The first-order valence-electron chi connectivity index (χ1n) is 7.27. The van der Waals surface area contributed by atoms with E-state index < -0.39 is 0 Å². The number of hydrogen-bond acceptors (Lipinski definition) is 3. The van der Waals surface area contributed by atoms with Gasteiger partial charge in [0.2, 0.25) is 0 Å². The van der Waals surface area contributed by atoms with Gasteiger partial charge in [-0.15, -0.1) is 12.4 Å². The van der Waals surface area contributed by atoms with E-state index in [2.05, 4.69) is 5.32 Å². The number of nitrogens with one attached hydrogen (secondary N) is 1. The van der Waals surface area contributed by atoms with Gasteiger partial charge in [0, 0.05) is 5.56 Å². The van der Waals surface area contributed by atoms with Gasteiger partial charge in [0.05, 0.1) is 6.61 Å². The van der Waals surface area contributed by atoms with E-state index in [9.17, 15) is 4.79 Å². The number of ether oxygens (including phenoxy) is 1. The van der Waals surface area contributed by atoms with Crippen LogP contribution in [0.1, 0.15) is 42.5 Å². The van der Waals surface area contributed by atoms with Crippen LogP contribution in [0, 0.1) is 5.92 Å². The molecule has 20 heavy (non-hydrogen) atoms. The summed E-state index contributed by atoms with van der Waals surface area (Å²) in [5, 5.41) is 3.40. The van der Waals surface area contributed by atoms with E-state index in [4.69, 9.17) is 4.74 Å². The van der Waals surface area contributed by atoms with Gasteiger partial charge in [-0.1, -0.05) is 6.42 Å². The number of aldehydes is 1. The smallest absolute Gasteiger partial charge is 0.150 e. The van der Waals surface area contributed by atoms with E-state index >= 15 is 0 Å². The summed E-state index contributed by atoms with van der Waals surface area (Å²) in [4.78, 5) is 10.5. The van der Waals surface area contributed by atoms with Crippen LogP contribution in [0.2, 0.25) is 0 Å². The molecule has 0 spiro atoms. The lowest BCUT2D eigenvalue weighted by molar-refractivity contribution is 0.112. The summed E-state index contributed by atoms with van der Waals surface area (Å²) < 4.78 is 5.67. The number of carbonyl (C=O) groups is 1. The predicted molar refractivity (Wildman–Crippen MR) is 84.0 cm³/mol. The largest absolute Gasteiger partial charge is 0.494 e. The molecule has 0 aromatic heterocycles. The Morgan fingerprint density at radius 2 is 1.85 bits per heavy atom. The third-order valence-corrected chi connectivity index (χ3v) is 3.75. The fourth-order valence-corrected chi connectivity index (χ4v) is 2.54. The highest BCUT2D eigenvalue weighted by Crippen LogP contribution is 2.19. The lowest BCUT2D eigenvalue weighted by Gasteiger charge is -2.22. The fraction of sp³-hybridized carbons (Fsp3) is 0.562.